The molecule has 1 N–H and O–H groups in total. The number of para-hydroxylation sites is 1. The topological polar surface area (TPSA) is 85.6 Å². The molecule has 0 aliphatic carbocycles. The van der Waals surface area contributed by atoms with Gasteiger partial charge >= 0.3 is 11.6 Å². The summed E-state index contributed by atoms with van der Waals surface area (Å²) in [7, 11) is 0. The van der Waals surface area contributed by atoms with Gasteiger partial charge < -0.3 is 14.5 Å². The van der Waals surface area contributed by atoms with Crippen LogP contribution in [0.4, 0.5) is 5.69 Å². The molecule has 0 radical (unpaired) electrons. The SMILES string of the molecule is CCc1ccc2c(COC(=O)CC3Sc4ccccc4NC3=O)cc(=O)oc2c1. The number of carbonyl (C=O) groups excluding carboxylic acids is 2. The second-order valence-electron chi connectivity index (χ2n) is 6.73. The van der Waals surface area contributed by atoms with Gasteiger partial charge in [-0.2, -0.15) is 0 Å². The van der Waals surface area contributed by atoms with E-state index in [1.54, 1.807) is 0 Å². The lowest BCUT2D eigenvalue weighted by Crippen LogP contribution is -2.31. The van der Waals surface area contributed by atoms with Gasteiger partial charge in [0.2, 0.25) is 5.91 Å². The molecule has 0 saturated heterocycles. The molecule has 1 amide bonds. The van der Waals surface area contributed by atoms with Crippen molar-refractivity contribution >= 4 is 40.3 Å². The van der Waals surface area contributed by atoms with E-state index < -0.39 is 16.8 Å². The summed E-state index contributed by atoms with van der Waals surface area (Å²) in [5.74, 6) is -0.716. The van der Waals surface area contributed by atoms with Gasteiger partial charge in [0, 0.05) is 21.9 Å². The Morgan fingerprint density at radius 2 is 2.00 bits per heavy atom. The van der Waals surface area contributed by atoms with Crippen molar-refractivity contribution in [3.63, 3.8) is 0 Å². The lowest BCUT2D eigenvalue weighted by molar-refractivity contribution is -0.145. The number of benzene rings is 2. The molecule has 148 valence electrons. The number of carbonyl (C=O) groups is 2. The fourth-order valence-corrected chi connectivity index (χ4v) is 4.30. The second kappa shape index (κ2) is 8.13. The molecule has 2 heterocycles. The third kappa shape index (κ3) is 4.19. The molecule has 0 saturated carbocycles. The summed E-state index contributed by atoms with van der Waals surface area (Å²) in [5, 5.41) is 2.99. The summed E-state index contributed by atoms with van der Waals surface area (Å²) in [6, 6.07) is 14.4. The zero-order valence-electron chi connectivity index (χ0n) is 15.8. The van der Waals surface area contributed by atoms with Crippen molar-refractivity contribution in [2.24, 2.45) is 0 Å². The van der Waals surface area contributed by atoms with E-state index in [2.05, 4.69) is 5.32 Å². The molecule has 1 aliphatic heterocycles. The van der Waals surface area contributed by atoms with Crippen molar-refractivity contribution in [2.45, 2.75) is 36.5 Å². The lowest BCUT2D eigenvalue weighted by atomic mass is 10.1. The Morgan fingerprint density at radius 1 is 1.17 bits per heavy atom. The van der Waals surface area contributed by atoms with Crippen molar-refractivity contribution in [1.82, 2.24) is 0 Å². The Bertz CT molecular complexity index is 1150. The summed E-state index contributed by atoms with van der Waals surface area (Å²) in [6.07, 6.45) is 0.771. The summed E-state index contributed by atoms with van der Waals surface area (Å²) < 4.78 is 10.6. The van der Waals surface area contributed by atoms with E-state index in [9.17, 15) is 14.4 Å². The van der Waals surface area contributed by atoms with Crippen molar-refractivity contribution in [3.8, 4) is 0 Å². The van der Waals surface area contributed by atoms with Gasteiger partial charge in [0.1, 0.15) is 12.2 Å². The van der Waals surface area contributed by atoms with Crippen LogP contribution in [-0.4, -0.2) is 17.1 Å². The molecule has 2 aromatic carbocycles. The molecule has 1 aromatic heterocycles. The van der Waals surface area contributed by atoms with Gasteiger partial charge in [-0.25, -0.2) is 4.79 Å². The first-order valence-corrected chi connectivity index (χ1v) is 10.2. The highest BCUT2D eigenvalue weighted by Gasteiger charge is 2.29. The molecule has 29 heavy (non-hydrogen) atoms. The maximum atomic E-state index is 12.3. The highest BCUT2D eigenvalue weighted by Crippen LogP contribution is 2.36. The largest absolute Gasteiger partial charge is 0.461 e. The Morgan fingerprint density at radius 3 is 2.83 bits per heavy atom. The molecule has 1 aliphatic rings. The molecule has 0 fully saturated rings. The van der Waals surface area contributed by atoms with Gasteiger partial charge in [-0.05, 0) is 30.2 Å². The van der Waals surface area contributed by atoms with E-state index >= 15 is 0 Å². The van der Waals surface area contributed by atoms with Crippen LogP contribution >= 0.6 is 11.8 Å². The third-order valence-corrected chi connectivity index (χ3v) is 6.03. The maximum Gasteiger partial charge on any atom is 0.336 e. The minimum absolute atomic E-state index is 0.0514. The van der Waals surface area contributed by atoms with Crippen LogP contribution in [-0.2, 0) is 27.4 Å². The fourth-order valence-electron chi connectivity index (χ4n) is 3.21. The molecule has 0 spiro atoms. The summed E-state index contributed by atoms with van der Waals surface area (Å²) >= 11 is 1.35. The molecule has 6 nitrogen and oxygen atoms in total. The number of rotatable bonds is 5. The monoisotopic (exact) mass is 409 g/mol. The van der Waals surface area contributed by atoms with Crippen LogP contribution in [0.1, 0.15) is 24.5 Å². The molecule has 1 atom stereocenters. The van der Waals surface area contributed by atoms with E-state index in [0.717, 1.165) is 28.0 Å². The van der Waals surface area contributed by atoms with Crippen LogP contribution in [0.2, 0.25) is 0 Å². The number of fused-ring (bicyclic) bond motifs is 2. The normalized spacial score (nSPS) is 15.6. The van der Waals surface area contributed by atoms with Crippen LogP contribution in [0.25, 0.3) is 11.0 Å². The summed E-state index contributed by atoms with van der Waals surface area (Å²) in [6.45, 7) is 1.96. The van der Waals surface area contributed by atoms with E-state index in [4.69, 9.17) is 9.15 Å². The van der Waals surface area contributed by atoms with E-state index in [0.29, 0.717) is 11.1 Å². The van der Waals surface area contributed by atoms with Crippen molar-refractivity contribution in [1.29, 1.82) is 0 Å². The highest BCUT2D eigenvalue weighted by atomic mass is 32.2. The number of thioether (sulfide) groups is 1. The average Bonchev–Trinajstić information content (AvgIpc) is 2.72. The van der Waals surface area contributed by atoms with Gasteiger partial charge in [-0.1, -0.05) is 31.2 Å². The molecule has 3 aromatic rings. The van der Waals surface area contributed by atoms with Crippen LogP contribution in [0.5, 0.6) is 0 Å². The number of hydrogen-bond acceptors (Lipinski definition) is 6. The summed E-state index contributed by atoms with van der Waals surface area (Å²) in [5.41, 5.74) is 2.37. The van der Waals surface area contributed by atoms with Gasteiger partial charge in [0.05, 0.1) is 17.4 Å². The minimum Gasteiger partial charge on any atom is -0.461 e. The lowest BCUT2D eigenvalue weighted by Gasteiger charge is -2.23. The van der Waals surface area contributed by atoms with E-state index in [1.165, 1.54) is 17.8 Å². The molecular formula is C22H19NO5S. The zero-order chi connectivity index (χ0) is 20.4. The van der Waals surface area contributed by atoms with Crippen molar-refractivity contribution in [3.05, 3.63) is 70.1 Å². The average molecular weight is 409 g/mol. The fraction of sp³-hybridized carbons (Fsp3) is 0.227. The molecule has 4 rings (SSSR count). The Kier molecular flexibility index (Phi) is 5.40. The highest BCUT2D eigenvalue weighted by molar-refractivity contribution is 8.01. The number of aryl methyl sites for hydroxylation is 1. The van der Waals surface area contributed by atoms with Crippen molar-refractivity contribution < 1.29 is 18.7 Å². The smallest absolute Gasteiger partial charge is 0.336 e. The maximum absolute atomic E-state index is 12.3. The quantitative estimate of drug-likeness (QED) is 0.508. The Balaban J connectivity index is 1.45. The summed E-state index contributed by atoms with van der Waals surface area (Å²) in [4.78, 5) is 37.4. The Hall–Kier alpha value is -3.06. The first-order valence-electron chi connectivity index (χ1n) is 9.31. The van der Waals surface area contributed by atoms with Crippen LogP contribution < -0.4 is 10.9 Å². The molecule has 0 bridgehead atoms. The number of anilines is 1. The molecule has 1 unspecified atom stereocenters. The van der Waals surface area contributed by atoms with E-state index in [1.807, 2.05) is 49.4 Å². The first kappa shape index (κ1) is 19.3. The van der Waals surface area contributed by atoms with Gasteiger partial charge in [-0.3, -0.25) is 9.59 Å². The second-order valence-corrected chi connectivity index (χ2v) is 7.98. The standard InChI is InChI=1S/C22H19NO5S/c1-2-13-7-8-15-14(10-21(25)28-17(15)9-13)12-27-20(24)11-19-22(26)23-16-5-3-4-6-18(16)29-19/h3-10,19H,2,11-12H2,1H3,(H,23,26). The zero-order valence-corrected chi connectivity index (χ0v) is 16.6. The van der Waals surface area contributed by atoms with Crippen LogP contribution in [0.3, 0.4) is 0 Å². The third-order valence-electron chi connectivity index (χ3n) is 4.75. The van der Waals surface area contributed by atoms with Crippen LogP contribution in [0.15, 0.2) is 62.6 Å². The number of nitrogens with one attached hydrogen (secondary N) is 1. The van der Waals surface area contributed by atoms with Gasteiger partial charge in [0.25, 0.3) is 0 Å². The predicted octanol–water partition coefficient (Wildman–Crippen LogP) is 3.90. The number of ether oxygens (including phenoxy) is 1. The number of esters is 1. The predicted molar refractivity (Wildman–Crippen MR) is 111 cm³/mol. The number of amides is 1. The van der Waals surface area contributed by atoms with Crippen LogP contribution in [0, 0.1) is 0 Å². The molecular weight excluding hydrogens is 390 g/mol. The van der Waals surface area contributed by atoms with E-state index in [-0.39, 0.29) is 18.9 Å². The first-order chi connectivity index (χ1) is 14.0. The molecule has 7 heteroatoms. The van der Waals surface area contributed by atoms with Crippen molar-refractivity contribution in [2.75, 3.05) is 5.32 Å². The van der Waals surface area contributed by atoms with Gasteiger partial charge in [0.15, 0.2) is 0 Å². The minimum atomic E-state index is -0.554. The Labute approximate surface area is 171 Å². The van der Waals surface area contributed by atoms with Gasteiger partial charge in [-0.15, -0.1) is 11.8 Å². The number of hydrogen-bond donors (Lipinski definition) is 1.